The zero-order valence-corrected chi connectivity index (χ0v) is 17.5. The molecule has 0 atom stereocenters. The Balaban J connectivity index is 0.000000220. The molecule has 10 heteroatoms. The van der Waals surface area contributed by atoms with Gasteiger partial charge in [0.1, 0.15) is 0 Å². The topological polar surface area (TPSA) is 0 Å². The summed E-state index contributed by atoms with van der Waals surface area (Å²) in [6, 6.07) is 2.89. The second-order valence-electron chi connectivity index (χ2n) is 3.56. The first-order valence-electron chi connectivity index (χ1n) is 5.04. The molecule has 0 amide bonds. The van der Waals surface area contributed by atoms with Crippen LogP contribution in [0, 0.1) is 0 Å². The maximum atomic E-state index is 5.66. The van der Waals surface area contributed by atoms with Crippen LogP contribution in [-0.4, -0.2) is 0 Å². The molecule has 0 fully saturated rings. The van der Waals surface area contributed by atoms with Gasteiger partial charge in [-0.25, -0.2) is 0 Å². The smallest absolute Gasteiger partial charge is 0.0808 e. The molecule has 0 unspecified atom stereocenters. The molecule has 2 aromatic carbocycles. The monoisotopic (exact) mass is 496 g/mol. The summed E-state index contributed by atoms with van der Waals surface area (Å²) in [4.78, 5) is 0. The Labute approximate surface area is 177 Å². The predicted octanol–water partition coefficient (Wildman–Crippen LogP) is 9.91. The van der Waals surface area contributed by atoms with Crippen LogP contribution in [0.15, 0.2) is 12.1 Å². The molecule has 0 radical (unpaired) electrons. The molecule has 0 saturated carbocycles. The molecular formula is C12H2Cl10. The molecule has 0 heterocycles. The number of hydrogen-bond donors (Lipinski definition) is 0. The lowest BCUT2D eigenvalue weighted by Gasteiger charge is -2.02. The van der Waals surface area contributed by atoms with Crippen molar-refractivity contribution >= 4 is 116 Å². The molecule has 0 aliphatic heterocycles. The molecule has 0 aromatic heterocycles. The van der Waals surface area contributed by atoms with Gasteiger partial charge in [-0.15, -0.1) is 0 Å². The Morgan fingerprint density at radius 2 is 0.500 bits per heavy atom. The maximum absolute atomic E-state index is 5.66. The van der Waals surface area contributed by atoms with Gasteiger partial charge in [0.25, 0.3) is 0 Å². The van der Waals surface area contributed by atoms with Gasteiger partial charge in [-0.05, 0) is 12.1 Å². The summed E-state index contributed by atoms with van der Waals surface area (Å²) in [6.07, 6.45) is 0. The first kappa shape index (κ1) is 21.4. The van der Waals surface area contributed by atoms with Crippen molar-refractivity contribution in [3.05, 3.63) is 62.4 Å². The third-order valence-electron chi connectivity index (χ3n) is 2.12. The van der Waals surface area contributed by atoms with Crippen LogP contribution < -0.4 is 0 Å². The van der Waals surface area contributed by atoms with Crippen LogP contribution in [0.3, 0.4) is 0 Å². The zero-order valence-electron chi connectivity index (χ0n) is 9.93. The van der Waals surface area contributed by atoms with Crippen molar-refractivity contribution in [3.8, 4) is 0 Å². The van der Waals surface area contributed by atoms with Crippen LogP contribution in [0.2, 0.25) is 50.2 Å². The minimum atomic E-state index is 0.186. The number of halogens is 10. The second-order valence-corrected chi connectivity index (χ2v) is 7.46. The summed E-state index contributed by atoms with van der Waals surface area (Å²) in [7, 11) is 0. The van der Waals surface area contributed by atoms with E-state index in [0.717, 1.165) is 0 Å². The lowest BCUT2D eigenvalue weighted by atomic mass is 10.3. The average Bonchev–Trinajstić information content (AvgIpc) is 2.47. The largest absolute Gasteiger partial charge is 0.0826 e. The van der Waals surface area contributed by atoms with E-state index >= 15 is 0 Å². The SMILES string of the molecule is Clc1cc(Cl)c(Cl)c(Cl)c1Cl.Clc1cc(Cl)c(Cl)c(Cl)c1Cl. The number of hydrogen-bond acceptors (Lipinski definition) is 0. The van der Waals surface area contributed by atoms with Crippen LogP contribution in [0.25, 0.3) is 0 Å². The Bertz CT molecular complexity index is 596. The first-order valence-corrected chi connectivity index (χ1v) is 8.82. The Morgan fingerprint density at radius 1 is 0.318 bits per heavy atom. The van der Waals surface area contributed by atoms with Gasteiger partial charge in [0.15, 0.2) is 0 Å². The Kier molecular flexibility index (Phi) is 8.90. The summed E-state index contributed by atoms with van der Waals surface area (Å²) >= 11 is 56.4. The van der Waals surface area contributed by atoms with Crippen LogP contribution >= 0.6 is 116 Å². The highest BCUT2D eigenvalue weighted by atomic mass is 35.5. The van der Waals surface area contributed by atoms with Crippen molar-refractivity contribution in [2.75, 3.05) is 0 Å². The molecular weight excluding hydrogens is 499 g/mol. The fraction of sp³-hybridized carbons (Fsp3) is 0. The van der Waals surface area contributed by atoms with E-state index in [1.54, 1.807) is 0 Å². The molecule has 0 saturated heterocycles. The highest BCUT2D eigenvalue weighted by molar-refractivity contribution is 6.55. The van der Waals surface area contributed by atoms with Gasteiger partial charge in [0.2, 0.25) is 0 Å². The fourth-order valence-corrected chi connectivity index (χ4v) is 3.31. The van der Waals surface area contributed by atoms with Gasteiger partial charge in [-0.3, -0.25) is 0 Å². The molecule has 0 nitrogen and oxygen atoms in total. The molecule has 0 aliphatic carbocycles. The lowest BCUT2D eigenvalue weighted by molar-refractivity contribution is 1.70. The van der Waals surface area contributed by atoms with Crippen molar-refractivity contribution < 1.29 is 0 Å². The van der Waals surface area contributed by atoms with Crippen LogP contribution in [0.4, 0.5) is 0 Å². The Hall–Kier alpha value is 1.34. The minimum absolute atomic E-state index is 0.186. The molecule has 0 aliphatic rings. The van der Waals surface area contributed by atoms with E-state index in [9.17, 15) is 0 Å². The number of rotatable bonds is 0. The fourth-order valence-electron chi connectivity index (χ4n) is 1.09. The van der Waals surface area contributed by atoms with Crippen molar-refractivity contribution in [2.45, 2.75) is 0 Å². The second kappa shape index (κ2) is 9.15. The average molecular weight is 501 g/mol. The summed E-state index contributed by atoms with van der Waals surface area (Å²) in [5.74, 6) is 0. The van der Waals surface area contributed by atoms with Gasteiger partial charge in [-0.1, -0.05) is 116 Å². The van der Waals surface area contributed by atoms with E-state index in [1.807, 2.05) is 0 Å². The van der Waals surface area contributed by atoms with E-state index in [4.69, 9.17) is 116 Å². The highest BCUT2D eigenvalue weighted by Gasteiger charge is 2.11. The standard InChI is InChI=1S/2C6HCl5/c2*7-2-1-3(8)5(10)6(11)4(2)9/h2*1H. The highest BCUT2D eigenvalue weighted by Crippen LogP contribution is 2.41. The molecule has 2 rings (SSSR count). The van der Waals surface area contributed by atoms with Gasteiger partial charge < -0.3 is 0 Å². The normalized spacial score (nSPS) is 10.3. The summed E-state index contributed by atoms with van der Waals surface area (Å²) in [5, 5.41) is 2.46. The van der Waals surface area contributed by atoms with Gasteiger partial charge in [0.05, 0.1) is 50.2 Å². The van der Waals surface area contributed by atoms with E-state index in [1.165, 1.54) is 12.1 Å². The quantitative estimate of drug-likeness (QED) is 0.249. The van der Waals surface area contributed by atoms with E-state index in [2.05, 4.69) is 0 Å². The summed E-state index contributed by atoms with van der Waals surface area (Å²) < 4.78 is 0. The zero-order chi connectivity index (χ0) is 17.2. The third kappa shape index (κ3) is 5.17. The Morgan fingerprint density at radius 3 is 0.682 bits per heavy atom. The molecule has 0 N–H and O–H groups in total. The van der Waals surface area contributed by atoms with Crippen molar-refractivity contribution in [1.29, 1.82) is 0 Å². The van der Waals surface area contributed by atoms with E-state index < -0.39 is 0 Å². The summed E-state index contributed by atoms with van der Waals surface area (Å²) in [5.41, 5.74) is 0. The van der Waals surface area contributed by atoms with Crippen molar-refractivity contribution in [1.82, 2.24) is 0 Å². The van der Waals surface area contributed by atoms with Crippen molar-refractivity contribution in [2.24, 2.45) is 0 Å². The maximum Gasteiger partial charge on any atom is 0.0808 e. The van der Waals surface area contributed by atoms with Crippen LogP contribution in [-0.2, 0) is 0 Å². The summed E-state index contributed by atoms with van der Waals surface area (Å²) in [6.45, 7) is 0. The molecule has 0 spiro atoms. The minimum Gasteiger partial charge on any atom is -0.0826 e. The van der Waals surface area contributed by atoms with Gasteiger partial charge in [-0.2, -0.15) is 0 Å². The van der Waals surface area contributed by atoms with Crippen LogP contribution in [0.1, 0.15) is 0 Å². The number of benzene rings is 2. The van der Waals surface area contributed by atoms with E-state index in [0.29, 0.717) is 20.1 Å². The predicted molar refractivity (Wildman–Crippen MR) is 103 cm³/mol. The van der Waals surface area contributed by atoms with Gasteiger partial charge in [0, 0.05) is 0 Å². The molecule has 0 bridgehead atoms. The third-order valence-corrected chi connectivity index (χ3v) is 6.41. The lowest BCUT2D eigenvalue weighted by Crippen LogP contribution is -1.75. The molecule has 22 heavy (non-hydrogen) atoms. The van der Waals surface area contributed by atoms with Crippen molar-refractivity contribution in [3.63, 3.8) is 0 Å². The first-order chi connectivity index (χ1) is 10.1. The van der Waals surface area contributed by atoms with Crippen LogP contribution in [0.5, 0.6) is 0 Å². The van der Waals surface area contributed by atoms with E-state index in [-0.39, 0.29) is 30.1 Å². The molecule has 120 valence electrons. The molecule has 2 aromatic rings. The van der Waals surface area contributed by atoms with Gasteiger partial charge >= 0.3 is 0 Å².